The fraction of sp³-hybridized carbons (Fsp3) is 0.500. The highest BCUT2D eigenvalue weighted by molar-refractivity contribution is 8.13. The second-order valence-electron chi connectivity index (χ2n) is 4.11. The molecule has 0 bridgehead atoms. The highest BCUT2D eigenvalue weighted by Gasteiger charge is 2.31. The molecule has 0 saturated carbocycles. The lowest BCUT2D eigenvalue weighted by atomic mass is 10.1. The number of rotatable bonds is 5. The van der Waals surface area contributed by atoms with Crippen molar-refractivity contribution in [1.29, 1.82) is 0 Å². The Labute approximate surface area is 118 Å². The van der Waals surface area contributed by atoms with Gasteiger partial charge in [-0.1, -0.05) is 11.8 Å². The molecule has 0 amide bonds. The quantitative estimate of drug-likeness (QED) is 0.872. The SMILES string of the molecule is CC(=O)SCCC(O)C(O)c1ccc(C(F)(F)F)cn1. The van der Waals surface area contributed by atoms with Crippen LogP contribution in [0.5, 0.6) is 0 Å². The largest absolute Gasteiger partial charge is 0.417 e. The van der Waals surface area contributed by atoms with Crippen LogP contribution in [0.4, 0.5) is 13.2 Å². The van der Waals surface area contributed by atoms with E-state index in [0.717, 1.165) is 23.9 Å². The van der Waals surface area contributed by atoms with Gasteiger partial charge in [0.05, 0.1) is 17.4 Å². The molecule has 0 saturated heterocycles. The van der Waals surface area contributed by atoms with Gasteiger partial charge < -0.3 is 10.2 Å². The monoisotopic (exact) mass is 309 g/mol. The van der Waals surface area contributed by atoms with Gasteiger partial charge in [-0.2, -0.15) is 13.2 Å². The molecule has 20 heavy (non-hydrogen) atoms. The van der Waals surface area contributed by atoms with Crippen molar-refractivity contribution in [3.8, 4) is 0 Å². The minimum atomic E-state index is -4.49. The minimum absolute atomic E-state index is 0.0432. The van der Waals surface area contributed by atoms with Crippen molar-refractivity contribution in [3.63, 3.8) is 0 Å². The number of halogens is 3. The van der Waals surface area contributed by atoms with E-state index in [-0.39, 0.29) is 17.2 Å². The van der Waals surface area contributed by atoms with E-state index < -0.39 is 23.9 Å². The van der Waals surface area contributed by atoms with Crippen LogP contribution in [0.1, 0.15) is 30.7 Å². The Morgan fingerprint density at radius 3 is 2.50 bits per heavy atom. The molecule has 112 valence electrons. The van der Waals surface area contributed by atoms with Gasteiger partial charge in [-0.05, 0) is 18.6 Å². The van der Waals surface area contributed by atoms with Crippen LogP contribution < -0.4 is 0 Å². The van der Waals surface area contributed by atoms with Crippen LogP contribution in [0.25, 0.3) is 0 Å². The lowest BCUT2D eigenvalue weighted by Gasteiger charge is -2.17. The summed E-state index contributed by atoms with van der Waals surface area (Å²) in [6.07, 6.45) is -6.33. The van der Waals surface area contributed by atoms with Crippen molar-refractivity contribution in [1.82, 2.24) is 4.98 Å². The molecule has 1 rings (SSSR count). The number of nitrogens with zero attached hydrogens (tertiary/aromatic N) is 1. The van der Waals surface area contributed by atoms with Crippen molar-refractivity contribution in [3.05, 3.63) is 29.6 Å². The number of carbonyl (C=O) groups is 1. The first-order valence-electron chi connectivity index (χ1n) is 5.74. The van der Waals surface area contributed by atoms with Gasteiger partial charge in [0.25, 0.3) is 0 Å². The Balaban J connectivity index is 2.62. The Kier molecular flexibility index (Phi) is 5.97. The van der Waals surface area contributed by atoms with Crippen LogP contribution in [0.3, 0.4) is 0 Å². The summed E-state index contributed by atoms with van der Waals surface area (Å²) in [5, 5.41) is 19.3. The average Bonchev–Trinajstić information content (AvgIpc) is 2.36. The summed E-state index contributed by atoms with van der Waals surface area (Å²) >= 11 is 0.999. The van der Waals surface area contributed by atoms with Crippen LogP contribution in [-0.2, 0) is 11.0 Å². The number of hydrogen-bond acceptors (Lipinski definition) is 5. The van der Waals surface area contributed by atoms with Crippen molar-refractivity contribution >= 4 is 16.9 Å². The van der Waals surface area contributed by atoms with Gasteiger partial charge in [0.1, 0.15) is 6.10 Å². The Morgan fingerprint density at radius 1 is 1.40 bits per heavy atom. The molecule has 0 radical (unpaired) electrons. The van der Waals surface area contributed by atoms with Crippen LogP contribution in [-0.4, -0.2) is 32.2 Å². The molecule has 0 aliphatic heterocycles. The fourth-order valence-electron chi connectivity index (χ4n) is 1.43. The van der Waals surface area contributed by atoms with E-state index in [1.165, 1.54) is 6.92 Å². The summed E-state index contributed by atoms with van der Waals surface area (Å²) < 4.78 is 37.0. The van der Waals surface area contributed by atoms with Crippen molar-refractivity contribution in [2.45, 2.75) is 31.7 Å². The maximum Gasteiger partial charge on any atom is 0.417 e. The molecule has 2 N–H and O–H groups in total. The molecule has 0 aliphatic rings. The molecule has 1 heterocycles. The van der Waals surface area contributed by atoms with E-state index in [4.69, 9.17) is 0 Å². The number of carbonyl (C=O) groups excluding carboxylic acids is 1. The summed E-state index contributed by atoms with van der Waals surface area (Å²) in [4.78, 5) is 14.2. The highest BCUT2D eigenvalue weighted by atomic mass is 32.2. The predicted octanol–water partition coefficient (Wildman–Crippen LogP) is 2.16. The Hall–Kier alpha value is -1.12. The molecule has 0 spiro atoms. The van der Waals surface area contributed by atoms with Crippen LogP contribution in [0, 0.1) is 0 Å². The van der Waals surface area contributed by atoms with Crippen molar-refractivity contribution < 1.29 is 28.2 Å². The van der Waals surface area contributed by atoms with Gasteiger partial charge in [-0.3, -0.25) is 9.78 Å². The number of aliphatic hydroxyl groups is 2. The molecule has 4 nitrogen and oxygen atoms in total. The van der Waals surface area contributed by atoms with Gasteiger partial charge >= 0.3 is 6.18 Å². The summed E-state index contributed by atoms with van der Waals surface area (Å²) in [6.45, 7) is 1.38. The maximum absolute atomic E-state index is 12.3. The molecular weight excluding hydrogens is 295 g/mol. The molecule has 2 atom stereocenters. The molecule has 0 aromatic carbocycles. The van der Waals surface area contributed by atoms with Crippen LogP contribution in [0.15, 0.2) is 18.3 Å². The van der Waals surface area contributed by atoms with E-state index in [9.17, 15) is 28.2 Å². The molecule has 0 aliphatic carbocycles. The maximum atomic E-state index is 12.3. The zero-order valence-corrected chi connectivity index (χ0v) is 11.4. The number of alkyl halides is 3. The van der Waals surface area contributed by atoms with Crippen molar-refractivity contribution in [2.24, 2.45) is 0 Å². The number of aliphatic hydroxyl groups excluding tert-OH is 2. The van der Waals surface area contributed by atoms with E-state index in [2.05, 4.69) is 4.98 Å². The normalized spacial score (nSPS) is 14.9. The third-order valence-electron chi connectivity index (χ3n) is 2.50. The number of hydrogen-bond donors (Lipinski definition) is 2. The number of pyridine rings is 1. The second-order valence-corrected chi connectivity index (χ2v) is 5.38. The molecule has 1 aromatic rings. The molecular formula is C12H14F3NO3S. The van der Waals surface area contributed by atoms with E-state index in [1.807, 2.05) is 0 Å². The Bertz CT molecular complexity index is 450. The lowest BCUT2D eigenvalue weighted by Crippen LogP contribution is -2.20. The first-order chi connectivity index (χ1) is 9.21. The average molecular weight is 309 g/mol. The number of thioether (sulfide) groups is 1. The fourth-order valence-corrected chi connectivity index (χ4v) is 2.07. The van der Waals surface area contributed by atoms with E-state index in [0.29, 0.717) is 11.9 Å². The Morgan fingerprint density at radius 2 is 2.05 bits per heavy atom. The second kappa shape index (κ2) is 7.05. The molecule has 0 fully saturated rings. The molecule has 8 heteroatoms. The highest BCUT2D eigenvalue weighted by Crippen LogP contribution is 2.29. The van der Waals surface area contributed by atoms with Gasteiger partial charge in [0.15, 0.2) is 5.12 Å². The van der Waals surface area contributed by atoms with Gasteiger partial charge in [0, 0.05) is 18.9 Å². The van der Waals surface area contributed by atoms with Crippen LogP contribution in [0.2, 0.25) is 0 Å². The van der Waals surface area contributed by atoms with Gasteiger partial charge in [0.2, 0.25) is 0 Å². The lowest BCUT2D eigenvalue weighted by molar-refractivity contribution is -0.137. The van der Waals surface area contributed by atoms with Gasteiger partial charge in [-0.15, -0.1) is 0 Å². The first-order valence-corrected chi connectivity index (χ1v) is 6.73. The van der Waals surface area contributed by atoms with Crippen molar-refractivity contribution in [2.75, 3.05) is 5.75 Å². The zero-order chi connectivity index (χ0) is 15.3. The predicted molar refractivity (Wildman–Crippen MR) is 68.0 cm³/mol. The minimum Gasteiger partial charge on any atom is -0.390 e. The summed E-state index contributed by atoms with van der Waals surface area (Å²) in [6, 6.07) is 1.82. The first kappa shape index (κ1) is 16.9. The smallest absolute Gasteiger partial charge is 0.390 e. The summed E-state index contributed by atoms with van der Waals surface area (Å²) in [5.41, 5.74) is -0.964. The summed E-state index contributed by atoms with van der Waals surface area (Å²) in [5.74, 6) is 0.314. The van der Waals surface area contributed by atoms with E-state index >= 15 is 0 Å². The zero-order valence-electron chi connectivity index (χ0n) is 10.6. The third-order valence-corrected chi connectivity index (χ3v) is 3.35. The van der Waals surface area contributed by atoms with E-state index in [1.54, 1.807) is 0 Å². The molecule has 2 unspecified atom stereocenters. The molecule has 1 aromatic heterocycles. The summed E-state index contributed by atoms with van der Waals surface area (Å²) in [7, 11) is 0. The topological polar surface area (TPSA) is 70.4 Å². The van der Waals surface area contributed by atoms with Gasteiger partial charge in [-0.25, -0.2) is 0 Å². The standard InChI is InChI=1S/C12H14F3NO3S/c1-7(17)20-5-4-10(18)11(19)9-3-2-8(6-16-9)12(13,14)15/h2-3,6,10-11,18-19H,4-5H2,1H3. The third kappa shape index (κ3) is 5.10. The number of aromatic nitrogens is 1. The van der Waals surface area contributed by atoms with Crippen LogP contribution >= 0.6 is 11.8 Å².